The van der Waals surface area contributed by atoms with Gasteiger partial charge in [-0.25, -0.2) is 0 Å². The molecule has 37 heavy (non-hydrogen) atoms. The van der Waals surface area contributed by atoms with Gasteiger partial charge in [-0.05, 0) is 58.7 Å². The Morgan fingerprint density at radius 2 is 1.27 bits per heavy atom. The standard InChI is InChI=1S/C35H25NO/c1-35(2)29-12-6-3-10-26(29)33-27-11-4-7-13-30(27)36(34(33)35)24-18-15-22(16-19-24)23-17-20-32-28(21-23)25-9-5-8-14-31(25)37-32/h3-21H,1-2H3. The van der Waals surface area contributed by atoms with Crippen molar-refractivity contribution in [2.45, 2.75) is 19.3 Å². The molecule has 0 bridgehead atoms. The monoisotopic (exact) mass is 475 g/mol. The number of aromatic nitrogens is 1. The first-order valence-corrected chi connectivity index (χ1v) is 12.9. The molecule has 1 aliphatic carbocycles. The van der Waals surface area contributed by atoms with E-state index >= 15 is 0 Å². The highest BCUT2D eigenvalue weighted by Gasteiger charge is 2.40. The van der Waals surface area contributed by atoms with E-state index in [-0.39, 0.29) is 5.41 Å². The Morgan fingerprint density at radius 3 is 2.14 bits per heavy atom. The van der Waals surface area contributed by atoms with Gasteiger partial charge in [0.2, 0.25) is 0 Å². The molecule has 0 N–H and O–H groups in total. The molecular formula is C35H25NO. The Labute approximate surface area is 215 Å². The Hall–Kier alpha value is -4.56. The first-order valence-electron chi connectivity index (χ1n) is 12.9. The smallest absolute Gasteiger partial charge is 0.135 e. The van der Waals surface area contributed by atoms with Gasteiger partial charge in [0.25, 0.3) is 0 Å². The van der Waals surface area contributed by atoms with Gasteiger partial charge in [-0.1, -0.05) is 92.7 Å². The molecule has 0 saturated heterocycles. The Kier molecular flexibility index (Phi) is 4.03. The molecule has 0 fully saturated rings. The van der Waals surface area contributed by atoms with Crippen LogP contribution in [0.5, 0.6) is 0 Å². The first-order chi connectivity index (χ1) is 18.1. The molecule has 0 spiro atoms. The van der Waals surface area contributed by atoms with Gasteiger partial charge in [0, 0.05) is 38.5 Å². The maximum atomic E-state index is 6.04. The van der Waals surface area contributed by atoms with Crippen molar-refractivity contribution in [3.63, 3.8) is 0 Å². The molecule has 7 aromatic rings. The highest BCUT2D eigenvalue weighted by atomic mass is 16.3. The van der Waals surface area contributed by atoms with Gasteiger partial charge in [-0.2, -0.15) is 0 Å². The van der Waals surface area contributed by atoms with Crippen LogP contribution in [0.25, 0.3) is 60.8 Å². The van der Waals surface area contributed by atoms with Crippen LogP contribution in [0.2, 0.25) is 0 Å². The SMILES string of the molecule is CC1(C)c2ccccc2-c2c1n(-c1ccc(-c3ccc4oc5ccccc5c4c3)cc1)c1ccccc21. The molecule has 176 valence electrons. The number of para-hydroxylation sites is 2. The van der Waals surface area contributed by atoms with Crippen LogP contribution in [0, 0.1) is 0 Å². The summed E-state index contributed by atoms with van der Waals surface area (Å²) in [5.74, 6) is 0. The largest absolute Gasteiger partial charge is 0.456 e. The molecule has 0 radical (unpaired) electrons. The van der Waals surface area contributed by atoms with E-state index in [4.69, 9.17) is 4.42 Å². The number of hydrogen-bond acceptors (Lipinski definition) is 1. The summed E-state index contributed by atoms with van der Waals surface area (Å²) >= 11 is 0. The summed E-state index contributed by atoms with van der Waals surface area (Å²) in [6, 6.07) is 41.4. The van der Waals surface area contributed by atoms with Crippen LogP contribution in [0.1, 0.15) is 25.1 Å². The Morgan fingerprint density at radius 1 is 0.595 bits per heavy atom. The van der Waals surface area contributed by atoms with Crippen molar-refractivity contribution < 1.29 is 4.42 Å². The van der Waals surface area contributed by atoms with E-state index in [1.807, 2.05) is 12.1 Å². The Bertz CT molecular complexity index is 2000. The molecule has 0 aliphatic heterocycles. The lowest BCUT2D eigenvalue weighted by atomic mass is 9.85. The molecule has 0 amide bonds. The lowest BCUT2D eigenvalue weighted by Crippen LogP contribution is -2.19. The lowest BCUT2D eigenvalue weighted by molar-refractivity contribution is 0.624. The van der Waals surface area contributed by atoms with Crippen LogP contribution in [0.4, 0.5) is 0 Å². The van der Waals surface area contributed by atoms with Crippen molar-refractivity contribution in [3.8, 4) is 27.9 Å². The minimum absolute atomic E-state index is 0.0863. The predicted molar refractivity (Wildman–Crippen MR) is 154 cm³/mol. The minimum Gasteiger partial charge on any atom is -0.456 e. The van der Waals surface area contributed by atoms with E-state index in [1.54, 1.807) is 0 Å². The highest BCUT2D eigenvalue weighted by Crippen LogP contribution is 2.53. The van der Waals surface area contributed by atoms with Crippen LogP contribution in [-0.2, 0) is 5.41 Å². The third-order valence-corrected chi connectivity index (χ3v) is 8.17. The molecule has 0 atom stereocenters. The molecule has 2 aromatic heterocycles. The van der Waals surface area contributed by atoms with Crippen molar-refractivity contribution in [1.82, 2.24) is 4.57 Å². The summed E-state index contributed by atoms with van der Waals surface area (Å²) in [4.78, 5) is 0. The molecule has 2 nitrogen and oxygen atoms in total. The van der Waals surface area contributed by atoms with Crippen LogP contribution in [0.3, 0.4) is 0 Å². The van der Waals surface area contributed by atoms with Gasteiger partial charge in [0.05, 0.1) is 5.52 Å². The quantitative estimate of drug-likeness (QED) is 0.243. The van der Waals surface area contributed by atoms with Gasteiger partial charge in [0.1, 0.15) is 11.2 Å². The molecule has 2 heterocycles. The van der Waals surface area contributed by atoms with Crippen molar-refractivity contribution >= 4 is 32.8 Å². The van der Waals surface area contributed by atoms with Crippen LogP contribution < -0.4 is 0 Å². The molecular weight excluding hydrogens is 450 g/mol. The number of fused-ring (bicyclic) bond motifs is 8. The van der Waals surface area contributed by atoms with Crippen molar-refractivity contribution in [2.24, 2.45) is 0 Å². The summed E-state index contributed by atoms with van der Waals surface area (Å²) in [7, 11) is 0. The Balaban J connectivity index is 1.30. The number of furan rings is 1. The fourth-order valence-electron chi connectivity index (χ4n) is 6.45. The second-order valence-electron chi connectivity index (χ2n) is 10.6. The fourth-order valence-corrected chi connectivity index (χ4v) is 6.45. The maximum absolute atomic E-state index is 6.04. The summed E-state index contributed by atoms with van der Waals surface area (Å²) in [6.07, 6.45) is 0. The van der Waals surface area contributed by atoms with Crippen LogP contribution >= 0.6 is 0 Å². The molecule has 0 saturated carbocycles. The van der Waals surface area contributed by atoms with Gasteiger partial charge >= 0.3 is 0 Å². The zero-order chi connectivity index (χ0) is 24.7. The minimum atomic E-state index is -0.0863. The fraction of sp³-hybridized carbons (Fsp3) is 0.0857. The molecule has 1 aliphatic rings. The molecule has 0 unspecified atom stereocenters. The van der Waals surface area contributed by atoms with E-state index < -0.39 is 0 Å². The van der Waals surface area contributed by atoms with E-state index in [2.05, 4.69) is 122 Å². The highest BCUT2D eigenvalue weighted by molar-refractivity contribution is 6.06. The van der Waals surface area contributed by atoms with Crippen LogP contribution in [0.15, 0.2) is 120 Å². The maximum Gasteiger partial charge on any atom is 0.135 e. The second-order valence-corrected chi connectivity index (χ2v) is 10.6. The summed E-state index contributed by atoms with van der Waals surface area (Å²) in [5.41, 5.74) is 12.1. The van der Waals surface area contributed by atoms with Crippen molar-refractivity contribution in [1.29, 1.82) is 0 Å². The lowest BCUT2D eigenvalue weighted by Gasteiger charge is -2.24. The molecule has 5 aromatic carbocycles. The van der Waals surface area contributed by atoms with E-state index in [0.29, 0.717) is 0 Å². The van der Waals surface area contributed by atoms with Crippen molar-refractivity contribution in [3.05, 3.63) is 127 Å². The van der Waals surface area contributed by atoms with Gasteiger partial charge in [0.15, 0.2) is 0 Å². The number of nitrogens with zero attached hydrogens (tertiary/aromatic N) is 1. The van der Waals surface area contributed by atoms with E-state index in [9.17, 15) is 0 Å². The number of hydrogen-bond donors (Lipinski definition) is 0. The second kappa shape index (κ2) is 7.24. The third kappa shape index (κ3) is 2.76. The van der Waals surface area contributed by atoms with Gasteiger partial charge in [-0.15, -0.1) is 0 Å². The average Bonchev–Trinajstić information content (AvgIpc) is 3.56. The number of rotatable bonds is 2. The zero-order valence-electron chi connectivity index (χ0n) is 20.8. The van der Waals surface area contributed by atoms with Crippen molar-refractivity contribution in [2.75, 3.05) is 0 Å². The average molecular weight is 476 g/mol. The predicted octanol–water partition coefficient (Wildman–Crippen LogP) is 9.50. The van der Waals surface area contributed by atoms with Gasteiger partial charge < -0.3 is 8.98 Å². The third-order valence-electron chi connectivity index (χ3n) is 8.17. The summed E-state index contributed by atoms with van der Waals surface area (Å²) in [5, 5.41) is 3.63. The summed E-state index contributed by atoms with van der Waals surface area (Å²) in [6.45, 7) is 4.71. The topological polar surface area (TPSA) is 18.1 Å². The normalized spacial score (nSPS) is 13.9. The molecule has 2 heteroatoms. The van der Waals surface area contributed by atoms with Gasteiger partial charge in [-0.3, -0.25) is 0 Å². The zero-order valence-corrected chi connectivity index (χ0v) is 20.8. The summed E-state index contributed by atoms with van der Waals surface area (Å²) < 4.78 is 8.51. The van der Waals surface area contributed by atoms with Crippen LogP contribution in [-0.4, -0.2) is 4.57 Å². The first kappa shape index (κ1) is 20.6. The molecule has 8 rings (SSSR count). The van der Waals surface area contributed by atoms with E-state index in [0.717, 1.165) is 21.9 Å². The number of benzene rings is 5. The van der Waals surface area contributed by atoms with E-state index in [1.165, 1.54) is 50.1 Å².